The molecule has 0 amide bonds. The van der Waals surface area contributed by atoms with Gasteiger partial charge in [-0.15, -0.1) is 0 Å². The van der Waals surface area contributed by atoms with E-state index in [-0.39, 0.29) is 0 Å². The SMILES string of the molecule is c1ccc([Si](c2ccccc2)(c2ccccc2)c2cccc(-n3c4ccc(-n5c6ccccc6n6c7ccccc7nc56)cc4c4cccc(-n5c6ccccc6n6c7ccccc7nc56)c43)c2)cc1. The zero-order valence-electron chi connectivity index (χ0n) is 37.8. The van der Waals surface area contributed by atoms with Crippen LogP contribution in [0.3, 0.4) is 0 Å². The van der Waals surface area contributed by atoms with Crippen LogP contribution in [0.15, 0.2) is 249 Å². The van der Waals surface area contributed by atoms with Crippen molar-refractivity contribution in [3.63, 3.8) is 0 Å². The molecule has 0 unspecified atom stereocenters. The lowest BCUT2D eigenvalue weighted by Gasteiger charge is -2.34. The van der Waals surface area contributed by atoms with Crippen LogP contribution in [0.4, 0.5) is 0 Å². The normalized spacial score (nSPS) is 12.3. The van der Waals surface area contributed by atoms with Crippen molar-refractivity contribution in [2.24, 2.45) is 0 Å². The van der Waals surface area contributed by atoms with Crippen LogP contribution in [0.2, 0.25) is 0 Å². The second-order valence-electron chi connectivity index (χ2n) is 18.2. The van der Waals surface area contributed by atoms with Crippen LogP contribution in [0.5, 0.6) is 0 Å². The number of rotatable bonds is 7. The van der Waals surface area contributed by atoms with Crippen molar-refractivity contribution in [1.82, 2.24) is 32.5 Å². The molecule has 0 spiro atoms. The highest BCUT2D eigenvalue weighted by Crippen LogP contribution is 2.40. The fourth-order valence-corrected chi connectivity index (χ4v) is 16.6. The zero-order valence-corrected chi connectivity index (χ0v) is 38.8. The van der Waals surface area contributed by atoms with Crippen molar-refractivity contribution in [1.29, 1.82) is 0 Å². The molecule has 15 aromatic rings. The van der Waals surface area contributed by atoms with Crippen LogP contribution in [-0.4, -0.2) is 40.5 Å². The largest absolute Gasteiger partial charge is 0.307 e. The summed E-state index contributed by atoms with van der Waals surface area (Å²) in [6, 6.07) is 90.9. The summed E-state index contributed by atoms with van der Waals surface area (Å²) in [5.74, 6) is 1.76. The molecule has 15 rings (SSSR count). The maximum Gasteiger partial charge on any atom is 0.220 e. The van der Waals surface area contributed by atoms with Gasteiger partial charge in [-0.2, -0.15) is 0 Å². The monoisotopic (exact) mass is 911 g/mol. The van der Waals surface area contributed by atoms with Gasteiger partial charge in [0.05, 0.1) is 60.9 Å². The molecule has 0 N–H and O–H groups in total. The van der Waals surface area contributed by atoms with E-state index >= 15 is 0 Å². The summed E-state index contributed by atoms with van der Waals surface area (Å²) < 4.78 is 11.8. The Balaban J connectivity index is 1.07. The quantitative estimate of drug-likeness (QED) is 0.118. The molecule has 5 aromatic heterocycles. The van der Waals surface area contributed by atoms with Gasteiger partial charge in [0.1, 0.15) is 0 Å². The van der Waals surface area contributed by atoms with Crippen LogP contribution in [0, 0.1) is 0 Å². The highest BCUT2D eigenvalue weighted by molar-refractivity contribution is 7.19. The third-order valence-corrected chi connectivity index (χ3v) is 19.4. The number of aromatic nitrogens is 7. The first-order chi connectivity index (χ1) is 34.8. The van der Waals surface area contributed by atoms with E-state index in [9.17, 15) is 0 Å². The van der Waals surface area contributed by atoms with E-state index in [4.69, 9.17) is 9.97 Å². The fraction of sp³-hybridized carbons (Fsp3) is 0. The van der Waals surface area contributed by atoms with Crippen molar-refractivity contribution < 1.29 is 0 Å². The Kier molecular flexibility index (Phi) is 8.25. The summed E-state index contributed by atoms with van der Waals surface area (Å²) in [7, 11) is -2.89. The number of hydrogen-bond donors (Lipinski definition) is 0. The Bertz CT molecular complexity index is 4440. The zero-order chi connectivity index (χ0) is 45.9. The molecule has 7 nitrogen and oxygen atoms in total. The van der Waals surface area contributed by atoms with Gasteiger partial charge < -0.3 is 4.57 Å². The standard InChI is InChI=1S/C62H41N7Si/c1-4-21-44(22-5-1)70(45-23-6-2-7-24-45,46-25-8-3-9-26-46)47-27-18-20-42(40-47)65-52-39-38-43(66-55-33-14-15-34-56(55)67-53-31-12-10-29-50(53)63-61(66)67)41-49(52)48-28-19-37-59(60(48)65)69-58-36-17-16-35-57(58)68-54-32-13-11-30-51(54)64-62(68)69/h1-41H. The molecule has 5 heterocycles. The number of imidazole rings is 4. The van der Waals surface area contributed by atoms with Crippen molar-refractivity contribution in [2.75, 3.05) is 0 Å². The predicted molar refractivity (Wildman–Crippen MR) is 291 cm³/mol. The number of nitrogens with zero attached hydrogens (tertiary/aromatic N) is 7. The lowest BCUT2D eigenvalue weighted by molar-refractivity contribution is 1.09. The Labute approximate surface area is 402 Å². The van der Waals surface area contributed by atoms with E-state index in [2.05, 4.69) is 271 Å². The molecule has 10 aromatic carbocycles. The molecule has 328 valence electrons. The lowest BCUT2D eigenvalue weighted by atomic mass is 10.1. The van der Waals surface area contributed by atoms with Gasteiger partial charge in [0.25, 0.3) is 0 Å². The summed E-state index contributed by atoms with van der Waals surface area (Å²) >= 11 is 0. The number of fused-ring (bicyclic) bond motifs is 13. The van der Waals surface area contributed by atoms with Crippen LogP contribution in [0.1, 0.15) is 0 Å². The molecule has 0 aliphatic rings. The molecule has 8 heteroatoms. The van der Waals surface area contributed by atoms with E-state index in [1.54, 1.807) is 0 Å². The predicted octanol–water partition coefficient (Wildman–Crippen LogP) is 11.7. The van der Waals surface area contributed by atoms with Crippen molar-refractivity contribution in [3.05, 3.63) is 249 Å². The van der Waals surface area contributed by atoms with Gasteiger partial charge in [-0.05, 0) is 106 Å². The molecular formula is C62H41N7Si. The molecule has 0 atom stereocenters. The Morgan fingerprint density at radius 2 is 0.743 bits per heavy atom. The number of hydrogen-bond acceptors (Lipinski definition) is 2. The number of benzene rings is 10. The Morgan fingerprint density at radius 3 is 1.33 bits per heavy atom. The summed E-state index contributed by atoms with van der Waals surface area (Å²) in [6.45, 7) is 0. The second kappa shape index (κ2) is 14.9. The third-order valence-electron chi connectivity index (χ3n) is 14.6. The Hall–Kier alpha value is -9.24. The summed E-state index contributed by atoms with van der Waals surface area (Å²) in [4.78, 5) is 10.6. The van der Waals surface area contributed by atoms with Crippen molar-refractivity contribution >= 4 is 106 Å². The first-order valence-corrected chi connectivity index (χ1v) is 25.8. The smallest absolute Gasteiger partial charge is 0.220 e. The van der Waals surface area contributed by atoms with Crippen LogP contribution in [0.25, 0.3) is 94.6 Å². The second-order valence-corrected chi connectivity index (χ2v) is 22.0. The molecule has 70 heavy (non-hydrogen) atoms. The minimum Gasteiger partial charge on any atom is -0.307 e. The topological polar surface area (TPSA) is 49.4 Å². The van der Waals surface area contributed by atoms with Gasteiger partial charge in [0.15, 0.2) is 8.07 Å². The van der Waals surface area contributed by atoms with E-state index < -0.39 is 8.07 Å². The summed E-state index contributed by atoms with van der Waals surface area (Å²) in [5, 5.41) is 7.60. The average molecular weight is 912 g/mol. The molecule has 0 aliphatic heterocycles. The van der Waals surface area contributed by atoms with Crippen LogP contribution in [-0.2, 0) is 0 Å². The van der Waals surface area contributed by atoms with Crippen LogP contribution < -0.4 is 20.7 Å². The molecule has 0 fully saturated rings. The summed E-state index contributed by atoms with van der Waals surface area (Å²) in [5.41, 5.74) is 13.9. The molecule has 0 saturated heterocycles. The van der Waals surface area contributed by atoms with Gasteiger partial charge >= 0.3 is 0 Å². The molecule has 0 saturated carbocycles. The first kappa shape index (κ1) is 38.8. The van der Waals surface area contributed by atoms with Gasteiger partial charge in [-0.25, -0.2) is 9.97 Å². The average Bonchev–Trinajstić information content (AvgIpc) is 4.23. The van der Waals surface area contributed by atoms with Crippen molar-refractivity contribution in [3.8, 4) is 17.1 Å². The van der Waals surface area contributed by atoms with Crippen LogP contribution >= 0.6 is 0 Å². The molecule has 0 bridgehead atoms. The van der Waals surface area contributed by atoms with Gasteiger partial charge in [-0.1, -0.05) is 164 Å². The molecule has 0 radical (unpaired) electrons. The van der Waals surface area contributed by atoms with Gasteiger partial charge in [0, 0.05) is 22.1 Å². The van der Waals surface area contributed by atoms with E-state index in [1.165, 1.54) is 20.7 Å². The third kappa shape index (κ3) is 5.33. The molecule has 0 aliphatic carbocycles. The first-order valence-electron chi connectivity index (χ1n) is 23.8. The highest BCUT2D eigenvalue weighted by atomic mass is 28.3. The van der Waals surface area contributed by atoms with E-state index in [0.29, 0.717) is 0 Å². The van der Waals surface area contributed by atoms with Crippen molar-refractivity contribution in [2.45, 2.75) is 0 Å². The van der Waals surface area contributed by atoms with Gasteiger partial charge in [-0.3, -0.25) is 17.9 Å². The van der Waals surface area contributed by atoms with E-state index in [0.717, 1.165) is 94.6 Å². The fourth-order valence-electron chi connectivity index (χ4n) is 11.8. The minimum absolute atomic E-state index is 0.873. The number of para-hydroxylation sites is 9. The maximum absolute atomic E-state index is 5.37. The van der Waals surface area contributed by atoms with E-state index in [1.807, 2.05) is 0 Å². The molecular weight excluding hydrogens is 871 g/mol. The van der Waals surface area contributed by atoms with Gasteiger partial charge in [0.2, 0.25) is 11.6 Å². The highest BCUT2D eigenvalue weighted by Gasteiger charge is 2.41. The Morgan fingerprint density at radius 1 is 0.286 bits per heavy atom. The maximum atomic E-state index is 5.37. The summed E-state index contributed by atoms with van der Waals surface area (Å²) in [6.07, 6.45) is 0. The minimum atomic E-state index is -2.89. The lowest BCUT2D eigenvalue weighted by Crippen LogP contribution is -2.74.